The van der Waals surface area contributed by atoms with Crippen molar-refractivity contribution in [2.45, 2.75) is 317 Å². The van der Waals surface area contributed by atoms with Gasteiger partial charge in [-0.15, -0.1) is 0 Å². The Morgan fingerprint density at radius 2 is 0.556 bits per heavy atom. The molecule has 5 nitrogen and oxygen atoms in total. The van der Waals surface area contributed by atoms with Crippen LogP contribution in [0.25, 0.3) is 0 Å². The van der Waals surface area contributed by atoms with Crippen molar-refractivity contribution in [2.24, 2.45) is 11.8 Å². The van der Waals surface area contributed by atoms with Gasteiger partial charge in [0.05, 0.1) is 13.2 Å². The predicted molar refractivity (Wildman–Crippen MR) is 277 cm³/mol. The standard InChI is InChI=1S/C58H115NO4/c1-6-11-15-19-23-25-31-39-47-55(45-37-29-21-17-13-8-3)53-62-57(60)49-41-33-27-35-43-51-59(10-5)52-44-36-28-34-42-50-58(61)63-54-56(46-38-30-22-18-14-9-4)48-40-32-26-24-20-16-12-7-2/h55-56H,6-54H2,1-5H3. The van der Waals surface area contributed by atoms with Gasteiger partial charge in [-0.3, -0.25) is 9.59 Å². The largest absolute Gasteiger partial charge is 0.465 e. The van der Waals surface area contributed by atoms with Gasteiger partial charge in [-0.05, 0) is 82.8 Å². The molecule has 0 rings (SSSR count). The summed E-state index contributed by atoms with van der Waals surface area (Å²) in [6.07, 6.45) is 55.5. The summed E-state index contributed by atoms with van der Waals surface area (Å²) in [6, 6.07) is 0. The van der Waals surface area contributed by atoms with Gasteiger partial charge >= 0.3 is 11.9 Å². The van der Waals surface area contributed by atoms with E-state index in [2.05, 4.69) is 39.5 Å². The summed E-state index contributed by atoms with van der Waals surface area (Å²) in [6.45, 7) is 16.2. The van der Waals surface area contributed by atoms with E-state index in [-0.39, 0.29) is 11.9 Å². The molecule has 0 aliphatic carbocycles. The van der Waals surface area contributed by atoms with Crippen LogP contribution in [0.15, 0.2) is 0 Å². The van der Waals surface area contributed by atoms with E-state index in [0.29, 0.717) is 37.9 Å². The summed E-state index contributed by atoms with van der Waals surface area (Å²) in [7, 11) is 0. The minimum atomic E-state index is 0.0303. The fraction of sp³-hybridized carbons (Fsp3) is 0.966. The topological polar surface area (TPSA) is 55.8 Å². The summed E-state index contributed by atoms with van der Waals surface area (Å²) >= 11 is 0. The molecule has 0 amide bonds. The Bertz CT molecular complexity index is 839. The van der Waals surface area contributed by atoms with Crippen LogP contribution in [0.2, 0.25) is 0 Å². The first-order valence-corrected chi connectivity index (χ1v) is 29.0. The van der Waals surface area contributed by atoms with E-state index in [1.54, 1.807) is 0 Å². The Morgan fingerprint density at radius 3 is 0.825 bits per heavy atom. The van der Waals surface area contributed by atoms with Crippen LogP contribution in [0, 0.1) is 11.8 Å². The SMILES string of the molecule is CCCCCCCCCCC(CCCCCCCC)COC(=O)CCCCCCCN(CC)CCCCCCCC(=O)OCC(CCCCCCCC)CCCCCCCCCC. The lowest BCUT2D eigenvalue weighted by Gasteiger charge is -2.20. The molecule has 0 aromatic heterocycles. The number of carbonyl (C=O) groups is 2. The zero-order valence-corrected chi connectivity index (χ0v) is 43.9. The van der Waals surface area contributed by atoms with E-state index in [1.807, 2.05) is 0 Å². The molecule has 2 unspecified atom stereocenters. The van der Waals surface area contributed by atoms with Crippen molar-refractivity contribution < 1.29 is 19.1 Å². The van der Waals surface area contributed by atoms with Crippen LogP contribution in [-0.2, 0) is 19.1 Å². The maximum atomic E-state index is 12.7. The van der Waals surface area contributed by atoms with Gasteiger partial charge in [0.25, 0.3) is 0 Å². The number of hydrogen-bond donors (Lipinski definition) is 0. The molecule has 2 atom stereocenters. The highest BCUT2D eigenvalue weighted by molar-refractivity contribution is 5.69. The second kappa shape index (κ2) is 51.9. The lowest BCUT2D eigenvalue weighted by Crippen LogP contribution is -2.25. The Balaban J connectivity index is 4.11. The summed E-state index contributed by atoms with van der Waals surface area (Å²) in [4.78, 5) is 27.9. The molecule has 0 spiro atoms. The van der Waals surface area contributed by atoms with Gasteiger partial charge in [-0.1, -0.05) is 253 Å². The normalized spacial score (nSPS) is 12.6. The number of ether oxygens (including phenoxy) is 2. The first kappa shape index (κ1) is 61.9. The molecule has 0 heterocycles. The molecule has 376 valence electrons. The molecule has 5 heteroatoms. The van der Waals surface area contributed by atoms with Crippen LogP contribution in [0.1, 0.15) is 317 Å². The third-order valence-electron chi connectivity index (χ3n) is 14.0. The van der Waals surface area contributed by atoms with Gasteiger partial charge in [0.2, 0.25) is 0 Å². The number of hydrogen-bond acceptors (Lipinski definition) is 5. The van der Waals surface area contributed by atoms with E-state index in [4.69, 9.17) is 9.47 Å². The average Bonchev–Trinajstić information content (AvgIpc) is 3.29. The Labute approximate surface area is 396 Å². The third-order valence-corrected chi connectivity index (χ3v) is 14.0. The van der Waals surface area contributed by atoms with Gasteiger partial charge in [-0.2, -0.15) is 0 Å². The zero-order valence-electron chi connectivity index (χ0n) is 43.9. The van der Waals surface area contributed by atoms with Crippen molar-refractivity contribution in [2.75, 3.05) is 32.8 Å². The molecule has 0 aromatic rings. The van der Waals surface area contributed by atoms with Crippen LogP contribution >= 0.6 is 0 Å². The molecule has 0 saturated heterocycles. The van der Waals surface area contributed by atoms with Gasteiger partial charge in [-0.25, -0.2) is 0 Å². The van der Waals surface area contributed by atoms with E-state index >= 15 is 0 Å². The molecule has 0 fully saturated rings. The average molecular weight is 891 g/mol. The number of esters is 2. The first-order valence-electron chi connectivity index (χ1n) is 29.0. The molecular formula is C58H115NO4. The molecular weight excluding hydrogens is 775 g/mol. The third kappa shape index (κ3) is 47.2. The van der Waals surface area contributed by atoms with Gasteiger partial charge in [0.1, 0.15) is 0 Å². The maximum Gasteiger partial charge on any atom is 0.305 e. The summed E-state index contributed by atoms with van der Waals surface area (Å²) in [5.41, 5.74) is 0. The monoisotopic (exact) mass is 890 g/mol. The van der Waals surface area contributed by atoms with E-state index in [9.17, 15) is 9.59 Å². The van der Waals surface area contributed by atoms with Gasteiger partial charge in [0.15, 0.2) is 0 Å². The van der Waals surface area contributed by atoms with Crippen LogP contribution in [0.4, 0.5) is 0 Å². The molecule has 0 N–H and O–H groups in total. The lowest BCUT2D eigenvalue weighted by molar-refractivity contribution is -0.146. The minimum Gasteiger partial charge on any atom is -0.465 e. The van der Waals surface area contributed by atoms with Gasteiger partial charge in [0, 0.05) is 12.8 Å². The van der Waals surface area contributed by atoms with E-state index < -0.39 is 0 Å². The second-order valence-corrected chi connectivity index (χ2v) is 20.2. The van der Waals surface area contributed by atoms with Crippen LogP contribution in [-0.4, -0.2) is 49.7 Å². The van der Waals surface area contributed by atoms with Crippen LogP contribution in [0.5, 0.6) is 0 Å². The van der Waals surface area contributed by atoms with Crippen molar-refractivity contribution in [3.8, 4) is 0 Å². The first-order chi connectivity index (χ1) is 31.0. The van der Waals surface area contributed by atoms with E-state index in [1.165, 1.54) is 257 Å². The molecule has 0 aliphatic heterocycles. The molecule has 0 bridgehead atoms. The summed E-state index contributed by atoms with van der Waals surface area (Å²) in [5.74, 6) is 1.16. The predicted octanol–water partition coefficient (Wildman–Crippen LogP) is 18.9. The number of rotatable bonds is 53. The van der Waals surface area contributed by atoms with Crippen molar-refractivity contribution >= 4 is 11.9 Å². The smallest absolute Gasteiger partial charge is 0.305 e. The van der Waals surface area contributed by atoms with Crippen LogP contribution in [0.3, 0.4) is 0 Å². The molecule has 0 aliphatic rings. The number of carbonyl (C=O) groups excluding carboxylic acids is 2. The lowest BCUT2D eigenvalue weighted by atomic mass is 9.94. The summed E-state index contributed by atoms with van der Waals surface area (Å²) < 4.78 is 11.7. The molecule has 0 radical (unpaired) electrons. The number of unbranched alkanes of at least 4 members (excludes halogenated alkanes) is 32. The van der Waals surface area contributed by atoms with Crippen LogP contribution < -0.4 is 0 Å². The molecule has 0 aromatic carbocycles. The fourth-order valence-corrected chi connectivity index (χ4v) is 9.45. The maximum absolute atomic E-state index is 12.7. The fourth-order valence-electron chi connectivity index (χ4n) is 9.45. The molecule has 0 saturated carbocycles. The minimum absolute atomic E-state index is 0.0303. The highest BCUT2D eigenvalue weighted by atomic mass is 16.5. The highest BCUT2D eigenvalue weighted by Gasteiger charge is 2.14. The quantitative estimate of drug-likeness (QED) is 0.0450. The Morgan fingerprint density at radius 1 is 0.317 bits per heavy atom. The highest BCUT2D eigenvalue weighted by Crippen LogP contribution is 2.22. The Hall–Kier alpha value is -1.10. The molecule has 63 heavy (non-hydrogen) atoms. The van der Waals surface area contributed by atoms with Crippen molar-refractivity contribution in [1.82, 2.24) is 4.90 Å². The van der Waals surface area contributed by atoms with Crippen molar-refractivity contribution in [3.63, 3.8) is 0 Å². The summed E-state index contributed by atoms with van der Waals surface area (Å²) in [5, 5.41) is 0. The van der Waals surface area contributed by atoms with Gasteiger partial charge < -0.3 is 14.4 Å². The van der Waals surface area contributed by atoms with Crippen molar-refractivity contribution in [3.05, 3.63) is 0 Å². The van der Waals surface area contributed by atoms with Crippen molar-refractivity contribution in [1.29, 1.82) is 0 Å². The zero-order chi connectivity index (χ0) is 45.9. The second-order valence-electron chi connectivity index (χ2n) is 20.2. The Kier molecular flexibility index (Phi) is 51.0. The number of nitrogens with zero attached hydrogens (tertiary/aromatic N) is 1. The van der Waals surface area contributed by atoms with E-state index in [0.717, 1.165) is 32.2 Å².